The second-order valence-corrected chi connectivity index (χ2v) is 7.64. The monoisotopic (exact) mass is 509 g/mol. The summed E-state index contributed by atoms with van der Waals surface area (Å²) in [6, 6.07) is 15.5. The summed E-state index contributed by atoms with van der Waals surface area (Å²) in [7, 11) is 0. The Morgan fingerprint density at radius 1 is 1.00 bits per heavy atom. The van der Waals surface area contributed by atoms with E-state index in [2.05, 4.69) is 0 Å². The number of esters is 1. The molecule has 0 aliphatic heterocycles. The van der Waals surface area contributed by atoms with Gasteiger partial charge in [0.2, 0.25) is 0 Å². The zero-order valence-corrected chi connectivity index (χ0v) is 18.8. The minimum absolute atomic E-state index is 0.00531. The van der Waals surface area contributed by atoms with Gasteiger partial charge in [-0.15, -0.1) is 0 Å². The Hall–Kier alpha value is -3.63. The van der Waals surface area contributed by atoms with E-state index in [9.17, 15) is 28.1 Å². The third-order valence-electron chi connectivity index (χ3n) is 4.67. The molecule has 0 unspecified atom stereocenters. The van der Waals surface area contributed by atoms with Crippen LogP contribution < -0.4 is 4.74 Å². The van der Waals surface area contributed by atoms with Crippen LogP contribution in [0.3, 0.4) is 0 Å². The number of rotatable bonds is 10. The predicted molar refractivity (Wildman–Crippen MR) is 120 cm³/mol. The van der Waals surface area contributed by atoms with Crippen molar-refractivity contribution in [2.45, 2.75) is 19.2 Å². The van der Waals surface area contributed by atoms with Crippen LogP contribution in [0.25, 0.3) is 0 Å². The summed E-state index contributed by atoms with van der Waals surface area (Å²) in [5.74, 6) is -0.759. The lowest BCUT2D eigenvalue weighted by molar-refractivity contribution is -0.385. The van der Waals surface area contributed by atoms with Crippen molar-refractivity contribution in [1.29, 1.82) is 0 Å². The van der Waals surface area contributed by atoms with E-state index in [1.54, 1.807) is 0 Å². The number of hydrogen-bond donors (Lipinski definition) is 0. The molecule has 184 valence electrons. The van der Waals surface area contributed by atoms with Crippen molar-refractivity contribution in [2.75, 3.05) is 13.2 Å². The summed E-state index contributed by atoms with van der Waals surface area (Å²) >= 11 is 5.89. The summed E-state index contributed by atoms with van der Waals surface area (Å²) in [4.78, 5) is 22.9. The van der Waals surface area contributed by atoms with E-state index in [0.29, 0.717) is 12.7 Å². The predicted octanol–water partition coefficient (Wildman–Crippen LogP) is 6.36. The number of nitro benzene ring substituents is 1. The third-order valence-corrected chi connectivity index (χ3v) is 4.97. The molecule has 0 aromatic heterocycles. The Morgan fingerprint density at radius 2 is 1.74 bits per heavy atom. The van der Waals surface area contributed by atoms with Crippen LogP contribution in [0.4, 0.5) is 18.9 Å². The molecule has 0 atom stereocenters. The standard InChI is InChI=1S/C24H19ClF3NO6/c25-20-14-18(24(26,27)28)6-9-22(20)35-19-7-8-21(29(31)32)17(12-19)13-23(30)34-11-10-33-15-16-4-2-1-3-5-16/h1-9,12,14H,10-11,13,15H2. The van der Waals surface area contributed by atoms with Crippen molar-refractivity contribution >= 4 is 23.3 Å². The highest BCUT2D eigenvalue weighted by Crippen LogP contribution is 2.37. The maximum Gasteiger partial charge on any atom is 0.416 e. The first-order valence-electron chi connectivity index (χ1n) is 10.2. The second kappa shape index (κ2) is 11.7. The van der Waals surface area contributed by atoms with Crippen LogP contribution >= 0.6 is 11.6 Å². The number of benzene rings is 3. The first-order valence-corrected chi connectivity index (χ1v) is 10.6. The van der Waals surface area contributed by atoms with Gasteiger partial charge >= 0.3 is 12.1 Å². The highest BCUT2D eigenvalue weighted by Gasteiger charge is 2.31. The molecule has 0 radical (unpaired) electrons. The maximum atomic E-state index is 12.8. The first-order chi connectivity index (χ1) is 16.6. The van der Waals surface area contributed by atoms with Gasteiger partial charge in [-0.3, -0.25) is 14.9 Å². The van der Waals surface area contributed by atoms with E-state index in [1.807, 2.05) is 30.3 Å². The Labute approximate surface area is 203 Å². The number of hydrogen-bond acceptors (Lipinski definition) is 6. The number of carbonyl (C=O) groups excluding carboxylic acids is 1. The van der Waals surface area contributed by atoms with Gasteiger partial charge in [0, 0.05) is 11.6 Å². The molecule has 0 spiro atoms. The summed E-state index contributed by atoms with van der Waals surface area (Å²) in [5.41, 5.74) is -0.326. The molecule has 3 aromatic carbocycles. The summed E-state index contributed by atoms with van der Waals surface area (Å²) in [6.07, 6.45) is -5.00. The molecule has 0 aliphatic rings. The molecule has 7 nitrogen and oxygen atoms in total. The molecule has 0 saturated carbocycles. The van der Waals surface area contributed by atoms with Gasteiger partial charge in [-0.25, -0.2) is 0 Å². The summed E-state index contributed by atoms with van der Waals surface area (Å²) in [6.45, 7) is 0.435. The van der Waals surface area contributed by atoms with Crippen LogP contribution in [0.2, 0.25) is 5.02 Å². The quantitative estimate of drug-likeness (QED) is 0.137. The zero-order chi connectivity index (χ0) is 25.4. The molecule has 0 amide bonds. The molecule has 0 fully saturated rings. The Morgan fingerprint density at radius 3 is 2.40 bits per heavy atom. The average Bonchev–Trinajstić information content (AvgIpc) is 2.80. The third kappa shape index (κ3) is 7.69. The van der Waals surface area contributed by atoms with Crippen LogP contribution in [0.15, 0.2) is 66.7 Å². The lowest BCUT2D eigenvalue weighted by Gasteiger charge is -2.12. The molecule has 0 heterocycles. The number of carbonyl (C=O) groups is 1. The summed E-state index contributed by atoms with van der Waals surface area (Å²) < 4.78 is 54.4. The van der Waals surface area contributed by atoms with Crippen molar-refractivity contribution < 1.29 is 37.1 Å². The Bertz CT molecular complexity index is 1190. The zero-order valence-electron chi connectivity index (χ0n) is 18.1. The van der Waals surface area contributed by atoms with E-state index in [1.165, 1.54) is 12.1 Å². The van der Waals surface area contributed by atoms with Crippen molar-refractivity contribution in [1.82, 2.24) is 0 Å². The summed E-state index contributed by atoms with van der Waals surface area (Å²) in [5, 5.41) is 11.1. The Kier molecular flexibility index (Phi) is 8.67. The molecule has 0 bridgehead atoms. The second-order valence-electron chi connectivity index (χ2n) is 7.23. The van der Waals surface area contributed by atoms with Gasteiger partial charge in [0.05, 0.1) is 35.1 Å². The molecule has 0 saturated heterocycles. The number of ether oxygens (including phenoxy) is 3. The lowest BCUT2D eigenvalue weighted by Crippen LogP contribution is -2.13. The normalized spacial score (nSPS) is 11.2. The highest BCUT2D eigenvalue weighted by atomic mass is 35.5. The van der Waals surface area contributed by atoms with Crippen molar-refractivity contribution in [3.63, 3.8) is 0 Å². The fourth-order valence-electron chi connectivity index (χ4n) is 3.02. The molecule has 0 N–H and O–H groups in total. The van der Waals surface area contributed by atoms with E-state index < -0.39 is 29.1 Å². The molecular formula is C24H19ClF3NO6. The van der Waals surface area contributed by atoms with Gasteiger partial charge in [-0.05, 0) is 35.9 Å². The van der Waals surface area contributed by atoms with Gasteiger partial charge < -0.3 is 14.2 Å². The number of nitro groups is 1. The fraction of sp³-hybridized carbons (Fsp3) is 0.208. The van der Waals surface area contributed by atoms with Crippen LogP contribution in [0, 0.1) is 10.1 Å². The Balaban J connectivity index is 1.61. The average molecular weight is 510 g/mol. The minimum Gasteiger partial charge on any atom is -0.463 e. The first kappa shape index (κ1) is 26.0. The van der Waals surface area contributed by atoms with Gasteiger partial charge in [-0.1, -0.05) is 41.9 Å². The van der Waals surface area contributed by atoms with Crippen LogP contribution in [0.5, 0.6) is 11.5 Å². The topological polar surface area (TPSA) is 87.9 Å². The maximum absolute atomic E-state index is 12.8. The molecule has 0 aliphatic carbocycles. The van der Waals surface area contributed by atoms with Gasteiger partial charge in [-0.2, -0.15) is 13.2 Å². The SMILES string of the molecule is O=C(Cc1cc(Oc2ccc(C(F)(F)F)cc2Cl)ccc1[N+](=O)[O-])OCCOCc1ccccc1. The van der Waals surface area contributed by atoms with Crippen LogP contribution in [-0.2, 0) is 33.5 Å². The van der Waals surface area contributed by atoms with Crippen molar-refractivity contribution in [3.05, 3.63) is 98.6 Å². The number of alkyl halides is 3. The molecule has 3 rings (SSSR count). The highest BCUT2D eigenvalue weighted by molar-refractivity contribution is 6.32. The van der Waals surface area contributed by atoms with E-state index in [0.717, 1.165) is 23.8 Å². The van der Waals surface area contributed by atoms with Crippen LogP contribution in [-0.4, -0.2) is 24.1 Å². The van der Waals surface area contributed by atoms with Gasteiger partial charge in [0.25, 0.3) is 5.69 Å². The number of halogens is 4. The van der Waals surface area contributed by atoms with Crippen LogP contribution in [0.1, 0.15) is 16.7 Å². The largest absolute Gasteiger partial charge is 0.463 e. The molecular weight excluding hydrogens is 491 g/mol. The van der Waals surface area contributed by atoms with E-state index in [-0.39, 0.29) is 41.0 Å². The molecule has 11 heteroatoms. The van der Waals surface area contributed by atoms with Crippen molar-refractivity contribution in [2.24, 2.45) is 0 Å². The van der Waals surface area contributed by atoms with Crippen molar-refractivity contribution in [3.8, 4) is 11.5 Å². The molecule has 35 heavy (non-hydrogen) atoms. The number of nitrogens with zero attached hydrogens (tertiary/aromatic N) is 1. The van der Waals surface area contributed by atoms with E-state index >= 15 is 0 Å². The lowest BCUT2D eigenvalue weighted by atomic mass is 10.1. The molecule has 3 aromatic rings. The smallest absolute Gasteiger partial charge is 0.416 e. The minimum atomic E-state index is -4.57. The fourth-order valence-corrected chi connectivity index (χ4v) is 3.24. The van der Waals surface area contributed by atoms with Gasteiger partial charge in [0.1, 0.15) is 18.1 Å². The van der Waals surface area contributed by atoms with Gasteiger partial charge in [0.15, 0.2) is 0 Å². The van der Waals surface area contributed by atoms with E-state index in [4.69, 9.17) is 25.8 Å².